The van der Waals surface area contributed by atoms with Gasteiger partial charge in [0.15, 0.2) is 11.6 Å². The van der Waals surface area contributed by atoms with Crippen molar-refractivity contribution in [2.24, 2.45) is 11.8 Å². The van der Waals surface area contributed by atoms with Crippen molar-refractivity contribution in [3.8, 4) is 23.3 Å². The number of aromatic nitrogens is 3. The number of ketones is 1. The van der Waals surface area contributed by atoms with Gasteiger partial charge in [-0.25, -0.2) is 4.98 Å². The number of carbonyl (C=O) groups excluding carboxylic acids is 1. The monoisotopic (exact) mass is 478 g/mol. The number of nitrogens with zero attached hydrogens (tertiary/aromatic N) is 4. The Kier molecular flexibility index (Phi) is 5.59. The van der Waals surface area contributed by atoms with Crippen LogP contribution in [0.1, 0.15) is 63.6 Å². The second-order valence-corrected chi connectivity index (χ2v) is 10.7. The summed E-state index contributed by atoms with van der Waals surface area (Å²) >= 11 is 0. The first-order valence-corrected chi connectivity index (χ1v) is 13.1. The quantitative estimate of drug-likeness (QED) is 0.466. The van der Waals surface area contributed by atoms with Crippen LogP contribution in [0.25, 0.3) is 22.3 Å². The number of Topliss-reactive ketones (excluding diaryl/α,β-unsaturated/α-hetero) is 1. The lowest BCUT2D eigenvalue weighted by molar-refractivity contribution is -0.121. The molecule has 6 heteroatoms. The largest absolute Gasteiger partial charge is 0.474 e. The van der Waals surface area contributed by atoms with Gasteiger partial charge < -0.3 is 4.74 Å². The first-order valence-electron chi connectivity index (χ1n) is 13.1. The van der Waals surface area contributed by atoms with Gasteiger partial charge in [0, 0.05) is 34.0 Å². The van der Waals surface area contributed by atoms with Crippen LogP contribution in [0.15, 0.2) is 48.2 Å². The molecule has 0 aliphatic heterocycles. The van der Waals surface area contributed by atoms with Crippen LogP contribution in [0.4, 0.5) is 0 Å². The predicted molar refractivity (Wildman–Crippen MR) is 137 cm³/mol. The smallest absolute Gasteiger partial charge is 0.220 e. The molecule has 2 heterocycles. The number of para-hydroxylation sites is 1. The first kappa shape index (κ1) is 22.8. The standard InChI is InChI=1S/C30H30N4O2/c1-18-24-13-12-23-27(30(24,2)16-19(17-31)26(18)35)33-28(34-29(23)36-20-8-4-3-5-9-20)22-14-15-32-25-11-7-6-10-21(22)25/h6-7,10-11,14-16,18,20,24H,3-5,8-9,12-13H2,1-2H3/t18-,24-,30-/m1/s1. The van der Waals surface area contributed by atoms with Crippen molar-refractivity contribution in [2.75, 3.05) is 0 Å². The molecule has 3 aromatic rings. The molecular weight excluding hydrogens is 448 g/mol. The maximum atomic E-state index is 12.9. The molecule has 3 aliphatic rings. The predicted octanol–water partition coefficient (Wildman–Crippen LogP) is 5.89. The number of ether oxygens (including phenoxy) is 1. The Morgan fingerprint density at radius 2 is 1.89 bits per heavy atom. The average Bonchev–Trinajstić information content (AvgIpc) is 2.91. The molecule has 1 saturated carbocycles. The zero-order chi connectivity index (χ0) is 24.9. The molecule has 3 atom stereocenters. The van der Waals surface area contributed by atoms with Gasteiger partial charge in [0.25, 0.3) is 0 Å². The molecule has 0 spiro atoms. The van der Waals surface area contributed by atoms with Gasteiger partial charge in [0.2, 0.25) is 5.88 Å². The Balaban J connectivity index is 1.58. The Bertz CT molecular complexity index is 1430. The minimum absolute atomic E-state index is 0.0588. The molecule has 1 aromatic carbocycles. The van der Waals surface area contributed by atoms with Crippen molar-refractivity contribution >= 4 is 16.7 Å². The lowest BCUT2D eigenvalue weighted by Crippen LogP contribution is -2.46. The van der Waals surface area contributed by atoms with Crippen molar-refractivity contribution in [1.82, 2.24) is 15.0 Å². The molecule has 0 saturated heterocycles. The molecule has 0 amide bonds. The molecule has 0 unspecified atom stereocenters. The Hall–Kier alpha value is -3.59. The lowest BCUT2D eigenvalue weighted by atomic mass is 9.58. The Labute approximate surface area is 211 Å². The third kappa shape index (κ3) is 3.61. The van der Waals surface area contributed by atoms with Crippen LogP contribution in [0, 0.1) is 23.2 Å². The van der Waals surface area contributed by atoms with E-state index >= 15 is 0 Å². The van der Waals surface area contributed by atoms with E-state index in [1.54, 1.807) is 6.20 Å². The molecule has 6 rings (SSSR count). The number of nitriles is 1. The van der Waals surface area contributed by atoms with E-state index in [-0.39, 0.29) is 29.3 Å². The van der Waals surface area contributed by atoms with Crippen LogP contribution < -0.4 is 4.74 Å². The van der Waals surface area contributed by atoms with Crippen LogP contribution in [0.2, 0.25) is 0 Å². The minimum Gasteiger partial charge on any atom is -0.474 e. The van der Waals surface area contributed by atoms with E-state index in [2.05, 4.69) is 18.0 Å². The van der Waals surface area contributed by atoms with Gasteiger partial charge in [-0.3, -0.25) is 9.78 Å². The number of carbonyl (C=O) groups is 1. The van der Waals surface area contributed by atoms with Crippen LogP contribution in [0.3, 0.4) is 0 Å². The molecule has 0 radical (unpaired) electrons. The molecule has 2 aromatic heterocycles. The van der Waals surface area contributed by atoms with E-state index in [0.29, 0.717) is 11.7 Å². The number of hydrogen-bond donors (Lipinski definition) is 0. The Morgan fingerprint density at radius 1 is 1.08 bits per heavy atom. The lowest BCUT2D eigenvalue weighted by Gasteiger charge is -2.45. The number of pyridine rings is 1. The van der Waals surface area contributed by atoms with Crippen LogP contribution in [-0.2, 0) is 16.6 Å². The maximum absolute atomic E-state index is 12.9. The zero-order valence-corrected chi connectivity index (χ0v) is 20.8. The van der Waals surface area contributed by atoms with Crippen LogP contribution >= 0.6 is 0 Å². The molecule has 1 fully saturated rings. The number of allylic oxidation sites excluding steroid dienone is 2. The number of benzene rings is 1. The van der Waals surface area contributed by atoms with E-state index < -0.39 is 5.41 Å². The molecule has 6 nitrogen and oxygen atoms in total. The third-order valence-electron chi connectivity index (χ3n) is 8.52. The van der Waals surface area contributed by atoms with Crippen molar-refractivity contribution in [3.05, 3.63) is 59.4 Å². The molecule has 36 heavy (non-hydrogen) atoms. The molecule has 3 aliphatic carbocycles. The molecule has 0 bridgehead atoms. The highest BCUT2D eigenvalue weighted by molar-refractivity contribution is 6.02. The first-order chi connectivity index (χ1) is 17.5. The van der Waals surface area contributed by atoms with Gasteiger partial charge in [0.05, 0.1) is 16.8 Å². The summed E-state index contributed by atoms with van der Waals surface area (Å²) in [5.74, 6) is 1.06. The van der Waals surface area contributed by atoms with E-state index in [4.69, 9.17) is 14.7 Å². The fourth-order valence-corrected chi connectivity index (χ4v) is 6.59. The summed E-state index contributed by atoms with van der Waals surface area (Å²) < 4.78 is 6.63. The second kappa shape index (κ2) is 8.81. The van der Waals surface area contributed by atoms with Gasteiger partial charge in [-0.1, -0.05) is 44.5 Å². The van der Waals surface area contributed by atoms with Gasteiger partial charge in [-0.15, -0.1) is 0 Å². The summed E-state index contributed by atoms with van der Waals surface area (Å²) in [6.07, 6.45) is 11.1. The normalized spacial score (nSPS) is 26.0. The molecular formula is C30H30N4O2. The van der Waals surface area contributed by atoms with Crippen LogP contribution in [0.5, 0.6) is 5.88 Å². The summed E-state index contributed by atoms with van der Waals surface area (Å²) in [5, 5.41) is 10.7. The Morgan fingerprint density at radius 3 is 2.69 bits per heavy atom. The average molecular weight is 479 g/mol. The molecule has 0 N–H and O–H groups in total. The highest BCUT2D eigenvalue weighted by Gasteiger charge is 2.50. The van der Waals surface area contributed by atoms with Crippen molar-refractivity contribution in [2.45, 2.75) is 70.3 Å². The van der Waals surface area contributed by atoms with Gasteiger partial charge >= 0.3 is 0 Å². The number of hydrogen-bond acceptors (Lipinski definition) is 6. The van der Waals surface area contributed by atoms with E-state index in [1.165, 1.54) is 19.3 Å². The van der Waals surface area contributed by atoms with Gasteiger partial charge in [-0.2, -0.15) is 10.2 Å². The fourth-order valence-electron chi connectivity index (χ4n) is 6.59. The SMILES string of the molecule is C[C@H]1C(=O)C(C#N)=C[C@@]2(C)c3nc(-c4ccnc5ccccc45)nc(OC4CCCCC4)c3CC[C@H]12. The second-order valence-electron chi connectivity index (χ2n) is 10.7. The van der Waals surface area contributed by atoms with E-state index in [9.17, 15) is 10.1 Å². The van der Waals surface area contributed by atoms with E-state index in [0.717, 1.165) is 53.4 Å². The highest BCUT2D eigenvalue weighted by Crippen LogP contribution is 2.51. The fraction of sp³-hybridized carbons (Fsp3) is 0.433. The van der Waals surface area contributed by atoms with Crippen molar-refractivity contribution in [3.63, 3.8) is 0 Å². The maximum Gasteiger partial charge on any atom is 0.220 e. The number of fused-ring (bicyclic) bond motifs is 4. The third-order valence-corrected chi connectivity index (χ3v) is 8.52. The summed E-state index contributed by atoms with van der Waals surface area (Å²) in [7, 11) is 0. The highest BCUT2D eigenvalue weighted by atomic mass is 16.5. The summed E-state index contributed by atoms with van der Waals surface area (Å²) in [6, 6.07) is 12.1. The van der Waals surface area contributed by atoms with Crippen LogP contribution in [-0.4, -0.2) is 26.8 Å². The molecule has 182 valence electrons. The summed E-state index contributed by atoms with van der Waals surface area (Å²) in [4.78, 5) is 27.6. The van der Waals surface area contributed by atoms with E-state index in [1.807, 2.05) is 43.3 Å². The summed E-state index contributed by atoms with van der Waals surface area (Å²) in [6.45, 7) is 4.08. The topological polar surface area (TPSA) is 88.8 Å². The number of rotatable bonds is 3. The minimum atomic E-state index is -0.544. The van der Waals surface area contributed by atoms with Gasteiger partial charge in [-0.05, 0) is 56.6 Å². The summed E-state index contributed by atoms with van der Waals surface area (Å²) in [5.41, 5.74) is 3.40. The van der Waals surface area contributed by atoms with Gasteiger partial charge in [0.1, 0.15) is 12.2 Å². The zero-order valence-electron chi connectivity index (χ0n) is 20.8. The van der Waals surface area contributed by atoms with Crippen molar-refractivity contribution in [1.29, 1.82) is 5.26 Å². The van der Waals surface area contributed by atoms with Crippen molar-refractivity contribution < 1.29 is 9.53 Å².